The zero-order valence-electron chi connectivity index (χ0n) is 14.1. The van der Waals surface area contributed by atoms with Crippen LogP contribution in [-0.2, 0) is 6.54 Å². The zero-order chi connectivity index (χ0) is 17.8. The van der Waals surface area contributed by atoms with Gasteiger partial charge in [0.2, 0.25) is 0 Å². The second-order valence-corrected chi connectivity index (χ2v) is 6.85. The van der Waals surface area contributed by atoms with E-state index in [9.17, 15) is 0 Å². The number of hydrogen-bond donors (Lipinski definition) is 2. The summed E-state index contributed by atoms with van der Waals surface area (Å²) < 4.78 is 1.85. The van der Waals surface area contributed by atoms with Crippen LogP contribution in [0.5, 0.6) is 0 Å². The highest BCUT2D eigenvalue weighted by atomic mass is 35.5. The number of thiocarbonyl (C=S) groups is 1. The van der Waals surface area contributed by atoms with Gasteiger partial charge in [0.1, 0.15) is 0 Å². The molecule has 2 N–H and O–H groups in total. The van der Waals surface area contributed by atoms with Gasteiger partial charge >= 0.3 is 0 Å². The molecule has 0 spiro atoms. The molecule has 2 aromatic carbocycles. The van der Waals surface area contributed by atoms with Gasteiger partial charge in [-0.05, 0) is 67.0 Å². The lowest BCUT2D eigenvalue weighted by Crippen LogP contribution is -2.18. The molecule has 3 rings (SSSR count). The third-order valence-corrected chi connectivity index (χ3v) is 4.08. The van der Waals surface area contributed by atoms with E-state index in [4.69, 9.17) is 23.8 Å². The van der Waals surface area contributed by atoms with Gasteiger partial charge in [-0.15, -0.1) is 0 Å². The normalized spacial score (nSPS) is 10.5. The molecule has 0 fully saturated rings. The molecule has 0 atom stereocenters. The van der Waals surface area contributed by atoms with Crippen molar-refractivity contribution in [2.75, 3.05) is 10.6 Å². The summed E-state index contributed by atoms with van der Waals surface area (Å²) in [5, 5.41) is 12.0. The third kappa shape index (κ3) is 5.05. The summed E-state index contributed by atoms with van der Waals surface area (Å²) in [4.78, 5) is 0. The lowest BCUT2D eigenvalue weighted by atomic mass is 10.1. The number of anilines is 2. The molecule has 25 heavy (non-hydrogen) atoms. The Bertz CT molecular complexity index is 866. The highest BCUT2D eigenvalue weighted by molar-refractivity contribution is 7.80. The first-order chi connectivity index (χ1) is 12.0. The van der Waals surface area contributed by atoms with E-state index in [0.717, 1.165) is 22.0 Å². The number of aromatic nitrogens is 2. The summed E-state index contributed by atoms with van der Waals surface area (Å²) in [6, 6.07) is 14.0. The van der Waals surface area contributed by atoms with E-state index in [2.05, 4.69) is 47.8 Å². The number of aryl methyl sites for hydroxylation is 2. The quantitative estimate of drug-likeness (QED) is 0.633. The smallest absolute Gasteiger partial charge is 0.175 e. The van der Waals surface area contributed by atoms with Gasteiger partial charge in [0.25, 0.3) is 0 Å². The average Bonchev–Trinajstić information content (AvgIpc) is 2.95. The molecule has 0 aliphatic rings. The zero-order valence-corrected chi connectivity index (χ0v) is 15.7. The Morgan fingerprint density at radius 1 is 1.04 bits per heavy atom. The van der Waals surface area contributed by atoms with Crippen LogP contribution in [0.3, 0.4) is 0 Å². The van der Waals surface area contributed by atoms with E-state index < -0.39 is 0 Å². The SMILES string of the molecule is Cc1cc(C)cc(NC(=S)Nc2cnn(Cc3ccc(Cl)cc3)c2)c1. The van der Waals surface area contributed by atoms with Crippen molar-refractivity contribution in [1.82, 2.24) is 9.78 Å². The predicted molar refractivity (Wildman–Crippen MR) is 109 cm³/mol. The monoisotopic (exact) mass is 370 g/mol. The molecule has 0 saturated heterocycles. The number of nitrogens with zero attached hydrogens (tertiary/aromatic N) is 2. The van der Waals surface area contributed by atoms with Gasteiger partial charge in [0.05, 0.1) is 18.4 Å². The lowest BCUT2D eigenvalue weighted by molar-refractivity contribution is 0.687. The van der Waals surface area contributed by atoms with Gasteiger partial charge in [0, 0.05) is 16.9 Å². The van der Waals surface area contributed by atoms with Crippen molar-refractivity contribution in [3.05, 3.63) is 76.6 Å². The minimum Gasteiger partial charge on any atom is -0.332 e. The first-order valence-electron chi connectivity index (χ1n) is 7.91. The van der Waals surface area contributed by atoms with Gasteiger partial charge in [-0.1, -0.05) is 29.8 Å². The molecule has 1 heterocycles. The van der Waals surface area contributed by atoms with E-state index in [1.807, 2.05) is 35.1 Å². The van der Waals surface area contributed by atoms with E-state index in [1.165, 1.54) is 11.1 Å². The van der Waals surface area contributed by atoms with Crippen LogP contribution in [0.4, 0.5) is 11.4 Å². The van der Waals surface area contributed by atoms with E-state index in [-0.39, 0.29) is 0 Å². The number of rotatable bonds is 4. The molecule has 1 aromatic heterocycles. The number of hydrogen-bond acceptors (Lipinski definition) is 2. The van der Waals surface area contributed by atoms with E-state index >= 15 is 0 Å². The molecule has 0 radical (unpaired) electrons. The number of benzene rings is 2. The summed E-state index contributed by atoms with van der Waals surface area (Å²) in [5.41, 5.74) is 5.34. The fraction of sp³-hybridized carbons (Fsp3) is 0.158. The standard InChI is InChI=1S/C19H19ClN4S/c1-13-7-14(2)9-17(8-13)22-19(25)23-18-10-21-24(12-18)11-15-3-5-16(20)6-4-15/h3-10,12H,11H2,1-2H3,(H2,22,23,25). The molecule has 3 aromatic rings. The molecule has 0 aliphatic heterocycles. The van der Waals surface area contributed by atoms with Crippen LogP contribution in [0, 0.1) is 13.8 Å². The van der Waals surface area contributed by atoms with Crippen molar-refractivity contribution in [2.45, 2.75) is 20.4 Å². The molecule has 0 saturated carbocycles. The van der Waals surface area contributed by atoms with Gasteiger partial charge in [-0.3, -0.25) is 4.68 Å². The minimum atomic E-state index is 0.538. The summed E-state index contributed by atoms with van der Waals surface area (Å²) in [5.74, 6) is 0. The van der Waals surface area contributed by atoms with Gasteiger partial charge in [0.15, 0.2) is 5.11 Å². The Morgan fingerprint density at radius 2 is 1.68 bits per heavy atom. The maximum absolute atomic E-state index is 5.91. The molecule has 6 heteroatoms. The number of halogens is 1. The average molecular weight is 371 g/mol. The molecular weight excluding hydrogens is 352 g/mol. The van der Waals surface area contributed by atoms with Crippen molar-refractivity contribution in [3.8, 4) is 0 Å². The molecule has 0 amide bonds. The summed E-state index contributed by atoms with van der Waals surface area (Å²) in [7, 11) is 0. The lowest BCUT2D eigenvalue weighted by Gasteiger charge is -2.10. The Hall–Kier alpha value is -2.37. The topological polar surface area (TPSA) is 41.9 Å². The van der Waals surface area contributed by atoms with Crippen molar-refractivity contribution >= 4 is 40.3 Å². The van der Waals surface area contributed by atoms with Crippen LogP contribution in [0.2, 0.25) is 5.02 Å². The minimum absolute atomic E-state index is 0.538. The molecule has 0 bridgehead atoms. The van der Waals surface area contributed by atoms with Gasteiger partial charge < -0.3 is 10.6 Å². The summed E-state index contributed by atoms with van der Waals surface area (Å²) in [6.45, 7) is 4.81. The predicted octanol–water partition coefficient (Wildman–Crippen LogP) is 5.01. The Morgan fingerprint density at radius 3 is 2.36 bits per heavy atom. The molecule has 0 aliphatic carbocycles. The second kappa shape index (κ2) is 7.68. The highest BCUT2D eigenvalue weighted by Crippen LogP contribution is 2.15. The van der Waals surface area contributed by atoms with Crippen LogP contribution >= 0.6 is 23.8 Å². The molecular formula is C19H19ClN4S. The third-order valence-electron chi connectivity index (χ3n) is 3.63. The first-order valence-corrected chi connectivity index (χ1v) is 8.70. The Kier molecular flexibility index (Phi) is 5.36. The van der Waals surface area contributed by atoms with Crippen molar-refractivity contribution in [3.63, 3.8) is 0 Å². The van der Waals surface area contributed by atoms with Gasteiger partial charge in [-0.2, -0.15) is 5.10 Å². The van der Waals surface area contributed by atoms with Crippen LogP contribution in [0.15, 0.2) is 54.9 Å². The Labute approximate surface area is 157 Å². The molecule has 128 valence electrons. The van der Waals surface area contributed by atoms with Crippen LogP contribution in [0.25, 0.3) is 0 Å². The van der Waals surface area contributed by atoms with Crippen molar-refractivity contribution in [1.29, 1.82) is 0 Å². The molecule has 4 nitrogen and oxygen atoms in total. The molecule has 0 unspecified atom stereocenters. The summed E-state index contributed by atoms with van der Waals surface area (Å²) >= 11 is 11.3. The van der Waals surface area contributed by atoms with E-state index in [0.29, 0.717) is 11.7 Å². The van der Waals surface area contributed by atoms with Crippen molar-refractivity contribution < 1.29 is 0 Å². The maximum Gasteiger partial charge on any atom is 0.175 e. The fourth-order valence-electron chi connectivity index (χ4n) is 2.63. The fourth-order valence-corrected chi connectivity index (χ4v) is 2.99. The maximum atomic E-state index is 5.91. The first kappa shape index (κ1) is 17.5. The highest BCUT2D eigenvalue weighted by Gasteiger charge is 2.04. The van der Waals surface area contributed by atoms with Crippen LogP contribution in [-0.4, -0.2) is 14.9 Å². The second-order valence-electron chi connectivity index (χ2n) is 6.01. The summed E-state index contributed by atoms with van der Waals surface area (Å²) in [6.07, 6.45) is 3.68. The van der Waals surface area contributed by atoms with E-state index in [1.54, 1.807) is 6.20 Å². The van der Waals surface area contributed by atoms with Crippen LogP contribution < -0.4 is 10.6 Å². The van der Waals surface area contributed by atoms with Crippen molar-refractivity contribution in [2.24, 2.45) is 0 Å². The van der Waals surface area contributed by atoms with Crippen LogP contribution in [0.1, 0.15) is 16.7 Å². The largest absolute Gasteiger partial charge is 0.332 e. The Balaban J connectivity index is 1.60. The van der Waals surface area contributed by atoms with Gasteiger partial charge in [-0.25, -0.2) is 0 Å². The number of nitrogens with one attached hydrogen (secondary N) is 2.